The van der Waals surface area contributed by atoms with Crippen molar-refractivity contribution >= 4 is 11.6 Å². The largest absolute Gasteiger partial charge is 0.396 e. The fourth-order valence-corrected chi connectivity index (χ4v) is 1.97. The fourth-order valence-electron chi connectivity index (χ4n) is 1.97. The summed E-state index contributed by atoms with van der Waals surface area (Å²) in [5, 5.41) is 14.7. The van der Waals surface area contributed by atoms with Crippen LogP contribution in [0.1, 0.15) is 28.8 Å². The summed E-state index contributed by atoms with van der Waals surface area (Å²) in [7, 11) is 0. The normalized spacial score (nSPS) is 13.0. The van der Waals surface area contributed by atoms with Crippen molar-refractivity contribution in [3.05, 3.63) is 29.3 Å². The number of carbonyl (C=O) groups is 1. The number of benzene rings is 1. The topological polar surface area (TPSA) is 61.4 Å². The van der Waals surface area contributed by atoms with Crippen LogP contribution in [-0.4, -0.2) is 30.7 Å². The second-order valence-corrected chi connectivity index (χ2v) is 4.24. The lowest BCUT2D eigenvalue weighted by molar-refractivity contribution is 0.0952. The Morgan fingerprint density at radius 3 is 3.12 bits per heavy atom. The molecule has 3 N–H and O–H groups in total. The van der Waals surface area contributed by atoms with Gasteiger partial charge >= 0.3 is 0 Å². The Morgan fingerprint density at radius 2 is 2.29 bits per heavy atom. The van der Waals surface area contributed by atoms with Crippen LogP contribution < -0.4 is 10.6 Å². The van der Waals surface area contributed by atoms with E-state index in [-0.39, 0.29) is 12.5 Å². The maximum absolute atomic E-state index is 11.8. The molecule has 0 unspecified atom stereocenters. The van der Waals surface area contributed by atoms with Crippen molar-refractivity contribution in [3.63, 3.8) is 0 Å². The number of nitrogens with one attached hydrogen (secondary N) is 2. The summed E-state index contributed by atoms with van der Waals surface area (Å²) in [6.07, 6.45) is 2.57. The van der Waals surface area contributed by atoms with Gasteiger partial charge in [0, 0.05) is 30.9 Å². The van der Waals surface area contributed by atoms with Gasteiger partial charge < -0.3 is 15.7 Å². The Hall–Kier alpha value is -1.55. The van der Waals surface area contributed by atoms with E-state index in [4.69, 9.17) is 5.11 Å². The van der Waals surface area contributed by atoms with Crippen LogP contribution >= 0.6 is 0 Å². The number of amides is 1. The molecule has 0 spiro atoms. The highest BCUT2D eigenvalue weighted by Gasteiger charge is 2.12. The van der Waals surface area contributed by atoms with Crippen molar-refractivity contribution in [2.75, 3.05) is 25.0 Å². The zero-order valence-electron chi connectivity index (χ0n) is 9.83. The Morgan fingerprint density at radius 1 is 1.41 bits per heavy atom. The van der Waals surface area contributed by atoms with E-state index in [0.717, 1.165) is 31.5 Å². The summed E-state index contributed by atoms with van der Waals surface area (Å²) in [6.45, 7) is 1.75. The lowest BCUT2D eigenvalue weighted by Gasteiger charge is -2.06. The first-order chi connectivity index (χ1) is 8.31. The number of unbranched alkanes of at least 4 members (excludes halogenated alkanes) is 1. The number of aliphatic hydroxyl groups excluding tert-OH is 1. The monoisotopic (exact) mass is 234 g/mol. The molecule has 17 heavy (non-hydrogen) atoms. The number of rotatable bonds is 5. The first-order valence-electron chi connectivity index (χ1n) is 6.07. The van der Waals surface area contributed by atoms with Gasteiger partial charge in [-0.2, -0.15) is 0 Å². The molecule has 0 atom stereocenters. The minimum atomic E-state index is -0.0422. The van der Waals surface area contributed by atoms with Crippen LogP contribution in [0.15, 0.2) is 18.2 Å². The van der Waals surface area contributed by atoms with E-state index in [2.05, 4.69) is 10.6 Å². The molecular formula is C13H18N2O2. The van der Waals surface area contributed by atoms with Gasteiger partial charge in [-0.3, -0.25) is 4.79 Å². The van der Waals surface area contributed by atoms with Crippen molar-refractivity contribution < 1.29 is 9.90 Å². The van der Waals surface area contributed by atoms with Crippen LogP contribution in [0, 0.1) is 0 Å². The molecule has 92 valence electrons. The van der Waals surface area contributed by atoms with E-state index in [9.17, 15) is 4.79 Å². The molecule has 1 amide bonds. The molecule has 0 saturated carbocycles. The van der Waals surface area contributed by atoms with Gasteiger partial charge in [0.1, 0.15) is 0 Å². The molecule has 4 heteroatoms. The van der Waals surface area contributed by atoms with E-state index in [1.807, 2.05) is 18.2 Å². The van der Waals surface area contributed by atoms with Crippen molar-refractivity contribution in [2.24, 2.45) is 0 Å². The van der Waals surface area contributed by atoms with Crippen molar-refractivity contribution in [1.29, 1.82) is 0 Å². The number of fused-ring (bicyclic) bond motifs is 1. The molecule has 1 aromatic carbocycles. The number of anilines is 1. The summed E-state index contributed by atoms with van der Waals surface area (Å²) in [4.78, 5) is 11.8. The average Bonchev–Trinajstić information content (AvgIpc) is 2.81. The summed E-state index contributed by atoms with van der Waals surface area (Å²) in [6, 6.07) is 5.79. The first-order valence-corrected chi connectivity index (χ1v) is 6.07. The molecule has 1 aliphatic heterocycles. The highest BCUT2D eigenvalue weighted by molar-refractivity contribution is 5.95. The Kier molecular flexibility index (Phi) is 3.98. The van der Waals surface area contributed by atoms with E-state index >= 15 is 0 Å². The predicted molar refractivity (Wildman–Crippen MR) is 67.3 cm³/mol. The number of aliphatic hydroxyl groups is 1. The minimum absolute atomic E-state index is 0.0422. The molecule has 0 aromatic heterocycles. The van der Waals surface area contributed by atoms with Gasteiger partial charge in [0.2, 0.25) is 0 Å². The quantitative estimate of drug-likeness (QED) is 0.670. The molecular weight excluding hydrogens is 216 g/mol. The third-order valence-electron chi connectivity index (χ3n) is 2.95. The summed E-state index contributed by atoms with van der Waals surface area (Å²) < 4.78 is 0. The maximum Gasteiger partial charge on any atom is 0.251 e. The number of hydrogen-bond donors (Lipinski definition) is 3. The van der Waals surface area contributed by atoms with E-state index in [0.29, 0.717) is 12.1 Å². The second kappa shape index (κ2) is 5.68. The summed E-state index contributed by atoms with van der Waals surface area (Å²) in [5.74, 6) is -0.0422. The lowest BCUT2D eigenvalue weighted by atomic mass is 10.1. The van der Waals surface area contributed by atoms with E-state index in [1.165, 1.54) is 5.56 Å². The van der Waals surface area contributed by atoms with Gasteiger partial charge in [0.25, 0.3) is 5.91 Å². The van der Waals surface area contributed by atoms with Crippen LogP contribution in [0.2, 0.25) is 0 Å². The lowest BCUT2D eigenvalue weighted by Crippen LogP contribution is -2.24. The highest BCUT2D eigenvalue weighted by Crippen LogP contribution is 2.22. The molecule has 1 aromatic rings. The van der Waals surface area contributed by atoms with Gasteiger partial charge in [-0.05, 0) is 37.0 Å². The third-order valence-corrected chi connectivity index (χ3v) is 2.95. The van der Waals surface area contributed by atoms with Gasteiger partial charge in [0.05, 0.1) is 0 Å². The maximum atomic E-state index is 11.8. The Bertz CT molecular complexity index is 404. The van der Waals surface area contributed by atoms with Gasteiger partial charge in [0.15, 0.2) is 0 Å². The smallest absolute Gasteiger partial charge is 0.251 e. The molecule has 1 aliphatic rings. The average molecular weight is 234 g/mol. The molecule has 1 heterocycles. The van der Waals surface area contributed by atoms with Gasteiger partial charge in [-0.25, -0.2) is 0 Å². The van der Waals surface area contributed by atoms with Crippen LogP contribution in [-0.2, 0) is 6.42 Å². The Labute approximate surface area is 101 Å². The standard InChI is InChI=1S/C13H18N2O2/c16-8-2-1-6-15-13(17)11-4-3-10-5-7-14-12(10)9-11/h3-4,9,14,16H,1-2,5-8H2,(H,15,17). The van der Waals surface area contributed by atoms with Crippen LogP contribution in [0.5, 0.6) is 0 Å². The molecule has 0 saturated heterocycles. The number of hydrogen-bond acceptors (Lipinski definition) is 3. The molecule has 0 radical (unpaired) electrons. The second-order valence-electron chi connectivity index (χ2n) is 4.24. The molecule has 0 bridgehead atoms. The van der Waals surface area contributed by atoms with Crippen molar-refractivity contribution in [3.8, 4) is 0 Å². The van der Waals surface area contributed by atoms with Crippen molar-refractivity contribution in [2.45, 2.75) is 19.3 Å². The van der Waals surface area contributed by atoms with Crippen molar-refractivity contribution in [1.82, 2.24) is 5.32 Å². The first kappa shape index (κ1) is 11.9. The zero-order chi connectivity index (χ0) is 12.1. The SMILES string of the molecule is O=C(NCCCCO)c1ccc2c(c1)NCC2. The van der Waals surface area contributed by atoms with Gasteiger partial charge in [-0.15, -0.1) is 0 Å². The van der Waals surface area contributed by atoms with E-state index < -0.39 is 0 Å². The molecule has 0 fully saturated rings. The van der Waals surface area contributed by atoms with Crippen LogP contribution in [0.3, 0.4) is 0 Å². The Balaban J connectivity index is 1.91. The van der Waals surface area contributed by atoms with Crippen LogP contribution in [0.4, 0.5) is 5.69 Å². The van der Waals surface area contributed by atoms with E-state index in [1.54, 1.807) is 0 Å². The summed E-state index contributed by atoms with van der Waals surface area (Å²) >= 11 is 0. The summed E-state index contributed by atoms with van der Waals surface area (Å²) in [5.41, 5.74) is 3.05. The predicted octanol–water partition coefficient (Wildman–Crippen LogP) is 1.16. The minimum Gasteiger partial charge on any atom is -0.396 e. The number of carbonyl (C=O) groups excluding carboxylic acids is 1. The fraction of sp³-hybridized carbons (Fsp3) is 0.462. The van der Waals surface area contributed by atoms with Crippen LogP contribution in [0.25, 0.3) is 0 Å². The molecule has 4 nitrogen and oxygen atoms in total. The molecule has 0 aliphatic carbocycles. The third kappa shape index (κ3) is 2.97. The molecule has 2 rings (SSSR count). The highest BCUT2D eigenvalue weighted by atomic mass is 16.2. The zero-order valence-corrected chi connectivity index (χ0v) is 9.83. The van der Waals surface area contributed by atoms with Gasteiger partial charge in [-0.1, -0.05) is 6.07 Å².